The second kappa shape index (κ2) is 6.80. The maximum Gasteiger partial charge on any atom is 0.262 e. The van der Waals surface area contributed by atoms with Crippen LogP contribution in [-0.2, 0) is 4.79 Å². The van der Waals surface area contributed by atoms with Crippen molar-refractivity contribution in [3.05, 3.63) is 69.7 Å². The fraction of sp³-hybridized carbons (Fsp3) is 0.211. The van der Waals surface area contributed by atoms with Gasteiger partial charge in [-0.15, -0.1) is 0 Å². The number of amides is 3. The van der Waals surface area contributed by atoms with Crippen molar-refractivity contribution in [2.24, 2.45) is 0 Å². The van der Waals surface area contributed by atoms with Crippen LogP contribution in [0.15, 0.2) is 53.0 Å². The quantitative estimate of drug-likeness (QED) is 0.800. The van der Waals surface area contributed by atoms with Gasteiger partial charge in [-0.05, 0) is 43.7 Å². The zero-order valence-corrected chi connectivity index (χ0v) is 15.4. The third-order valence-corrected chi connectivity index (χ3v) is 4.85. The minimum Gasteiger partial charge on any atom is -0.348 e. The van der Waals surface area contributed by atoms with Crippen LogP contribution in [0.3, 0.4) is 0 Å². The van der Waals surface area contributed by atoms with Gasteiger partial charge >= 0.3 is 0 Å². The number of fused-ring (bicyclic) bond motifs is 1. The molecule has 0 bridgehead atoms. The van der Waals surface area contributed by atoms with Crippen LogP contribution in [0, 0.1) is 0 Å². The molecule has 0 spiro atoms. The van der Waals surface area contributed by atoms with E-state index in [1.807, 2.05) is 31.2 Å². The summed E-state index contributed by atoms with van der Waals surface area (Å²) in [6.45, 7) is 3.42. The van der Waals surface area contributed by atoms with Crippen molar-refractivity contribution in [1.29, 1.82) is 0 Å². The molecule has 5 nitrogen and oxygen atoms in total. The SMILES string of the molecule is C[C@H](NC(=O)[C@H](C)N1C(=O)c2ccccc2C1=O)c1ccc(Br)cc1. The second-order valence-electron chi connectivity index (χ2n) is 5.98. The molecule has 1 N–H and O–H groups in total. The number of carbonyl (C=O) groups is 3. The Balaban J connectivity index is 1.74. The maximum absolute atomic E-state index is 12.6. The Morgan fingerprint density at radius 2 is 1.48 bits per heavy atom. The van der Waals surface area contributed by atoms with Gasteiger partial charge in [-0.2, -0.15) is 0 Å². The highest BCUT2D eigenvalue weighted by Crippen LogP contribution is 2.25. The average Bonchev–Trinajstić information content (AvgIpc) is 2.86. The van der Waals surface area contributed by atoms with Crippen molar-refractivity contribution in [3.63, 3.8) is 0 Å². The second-order valence-corrected chi connectivity index (χ2v) is 6.90. The Morgan fingerprint density at radius 3 is 2.00 bits per heavy atom. The Kier molecular flexibility index (Phi) is 4.72. The third kappa shape index (κ3) is 3.22. The van der Waals surface area contributed by atoms with E-state index in [4.69, 9.17) is 0 Å². The molecule has 6 heteroatoms. The van der Waals surface area contributed by atoms with Gasteiger partial charge in [-0.1, -0.05) is 40.2 Å². The van der Waals surface area contributed by atoms with Crippen molar-refractivity contribution in [2.45, 2.75) is 25.9 Å². The monoisotopic (exact) mass is 400 g/mol. The van der Waals surface area contributed by atoms with Gasteiger partial charge in [0, 0.05) is 4.47 Å². The van der Waals surface area contributed by atoms with Crippen LogP contribution in [-0.4, -0.2) is 28.7 Å². The summed E-state index contributed by atoms with van der Waals surface area (Å²) in [5.41, 5.74) is 1.62. The van der Waals surface area contributed by atoms with Gasteiger partial charge in [-0.25, -0.2) is 0 Å². The van der Waals surface area contributed by atoms with Crippen molar-refractivity contribution < 1.29 is 14.4 Å². The minimum absolute atomic E-state index is 0.238. The number of nitrogens with one attached hydrogen (secondary N) is 1. The van der Waals surface area contributed by atoms with Crippen LogP contribution in [0.2, 0.25) is 0 Å². The van der Waals surface area contributed by atoms with E-state index in [9.17, 15) is 14.4 Å². The molecule has 2 aromatic rings. The van der Waals surface area contributed by atoms with Gasteiger partial charge in [0.05, 0.1) is 17.2 Å². The van der Waals surface area contributed by atoms with E-state index in [1.165, 1.54) is 0 Å². The summed E-state index contributed by atoms with van der Waals surface area (Å²) in [5.74, 6) is -1.23. The zero-order chi connectivity index (χ0) is 18.1. The van der Waals surface area contributed by atoms with E-state index in [0.29, 0.717) is 11.1 Å². The number of hydrogen-bond donors (Lipinski definition) is 1. The Labute approximate surface area is 154 Å². The van der Waals surface area contributed by atoms with Crippen LogP contribution in [0.4, 0.5) is 0 Å². The lowest BCUT2D eigenvalue weighted by Crippen LogP contribution is -2.48. The van der Waals surface area contributed by atoms with Crippen LogP contribution in [0.25, 0.3) is 0 Å². The summed E-state index contributed by atoms with van der Waals surface area (Å²) in [5, 5.41) is 2.86. The molecule has 0 radical (unpaired) electrons. The molecule has 2 aromatic carbocycles. The van der Waals surface area contributed by atoms with Gasteiger partial charge in [-0.3, -0.25) is 19.3 Å². The molecule has 3 rings (SSSR count). The van der Waals surface area contributed by atoms with Gasteiger partial charge < -0.3 is 5.32 Å². The first-order valence-corrected chi connectivity index (χ1v) is 8.72. The number of hydrogen-bond acceptors (Lipinski definition) is 3. The predicted octanol–water partition coefficient (Wildman–Crippen LogP) is 3.31. The summed E-state index contributed by atoms with van der Waals surface area (Å²) in [7, 11) is 0. The molecule has 0 saturated carbocycles. The lowest BCUT2D eigenvalue weighted by atomic mass is 10.1. The number of nitrogens with zero attached hydrogens (tertiary/aromatic N) is 1. The number of halogens is 1. The first-order valence-electron chi connectivity index (χ1n) is 7.93. The Morgan fingerprint density at radius 1 is 0.960 bits per heavy atom. The zero-order valence-electron chi connectivity index (χ0n) is 13.8. The van der Waals surface area contributed by atoms with Crippen LogP contribution in [0.1, 0.15) is 46.2 Å². The molecule has 0 saturated heterocycles. The van der Waals surface area contributed by atoms with E-state index in [1.54, 1.807) is 31.2 Å². The number of rotatable bonds is 4. The van der Waals surface area contributed by atoms with Gasteiger partial charge in [0.25, 0.3) is 11.8 Å². The number of benzene rings is 2. The molecule has 0 aliphatic carbocycles. The Bertz CT molecular complexity index is 813. The molecule has 128 valence electrons. The molecule has 0 aromatic heterocycles. The summed E-state index contributed by atoms with van der Waals surface area (Å²) in [6.07, 6.45) is 0. The molecule has 0 unspecified atom stereocenters. The van der Waals surface area contributed by atoms with E-state index in [2.05, 4.69) is 21.2 Å². The van der Waals surface area contributed by atoms with E-state index in [0.717, 1.165) is 14.9 Å². The largest absolute Gasteiger partial charge is 0.348 e. The first-order chi connectivity index (χ1) is 11.9. The van der Waals surface area contributed by atoms with E-state index >= 15 is 0 Å². The first kappa shape index (κ1) is 17.4. The summed E-state index contributed by atoms with van der Waals surface area (Å²) < 4.78 is 0.953. The van der Waals surface area contributed by atoms with Crippen LogP contribution in [0.5, 0.6) is 0 Å². The van der Waals surface area contributed by atoms with Crippen molar-refractivity contribution >= 4 is 33.7 Å². The smallest absolute Gasteiger partial charge is 0.262 e. The van der Waals surface area contributed by atoms with Gasteiger partial charge in [0.1, 0.15) is 6.04 Å². The summed E-state index contributed by atoms with van der Waals surface area (Å²) in [4.78, 5) is 38.5. The fourth-order valence-corrected chi connectivity index (χ4v) is 3.11. The van der Waals surface area contributed by atoms with E-state index in [-0.39, 0.29) is 11.9 Å². The van der Waals surface area contributed by atoms with Crippen molar-refractivity contribution in [3.8, 4) is 0 Å². The fourth-order valence-electron chi connectivity index (χ4n) is 2.85. The minimum atomic E-state index is -0.884. The summed E-state index contributed by atoms with van der Waals surface area (Å²) in [6, 6.07) is 13.1. The summed E-state index contributed by atoms with van der Waals surface area (Å²) >= 11 is 3.37. The number of carbonyl (C=O) groups excluding carboxylic acids is 3. The van der Waals surface area contributed by atoms with Crippen molar-refractivity contribution in [1.82, 2.24) is 10.2 Å². The standard InChI is InChI=1S/C19H17BrN2O3/c1-11(13-7-9-14(20)10-8-13)21-17(23)12(2)22-18(24)15-5-3-4-6-16(15)19(22)25/h3-12H,1-2H3,(H,21,23)/t11-,12-/m0/s1. The van der Waals surface area contributed by atoms with Crippen molar-refractivity contribution in [2.75, 3.05) is 0 Å². The molecular formula is C19H17BrN2O3. The predicted molar refractivity (Wildman–Crippen MR) is 97.1 cm³/mol. The Hall–Kier alpha value is -2.47. The third-order valence-electron chi connectivity index (χ3n) is 4.32. The maximum atomic E-state index is 12.6. The van der Waals surface area contributed by atoms with E-state index < -0.39 is 17.9 Å². The van der Waals surface area contributed by atoms with Gasteiger partial charge in [0.15, 0.2) is 0 Å². The average molecular weight is 401 g/mol. The highest BCUT2D eigenvalue weighted by molar-refractivity contribution is 9.10. The lowest BCUT2D eigenvalue weighted by molar-refractivity contribution is -0.125. The molecule has 1 aliphatic heterocycles. The van der Waals surface area contributed by atoms with Crippen LogP contribution < -0.4 is 5.32 Å². The molecule has 1 heterocycles. The normalized spacial score (nSPS) is 15.7. The topological polar surface area (TPSA) is 66.5 Å². The highest BCUT2D eigenvalue weighted by Gasteiger charge is 2.40. The molecular weight excluding hydrogens is 384 g/mol. The molecule has 1 aliphatic rings. The number of imide groups is 1. The highest BCUT2D eigenvalue weighted by atomic mass is 79.9. The lowest BCUT2D eigenvalue weighted by Gasteiger charge is -2.24. The van der Waals surface area contributed by atoms with Crippen LogP contribution >= 0.6 is 15.9 Å². The van der Waals surface area contributed by atoms with Gasteiger partial charge in [0.2, 0.25) is 5.91 Å². The molecule has 3 amide bonds. The molecule has 2 atom stereocenters. The molecule has 0 fully saturated rings. The molecule has 25 heavy (non-hydrogen) atoms.